The van der Waals surface area contributed by atoms with E-state index in [0.29, 0.717) is 0 Å². The number of para-hydroxylation sites is 1. The van der Waals surface area contributed by atoms with Crippen molar-refractivity contribution >= 4 is 17.0 Å². The van der Waals surface area contributed by atoms with Crippen molar-refractivity contribution < 1.29 is 5.11 Å². The zero-order valence-corrected chi connectivity index (χ0v) is 11.7. The lowest BCUT2D eigenvalue weighted by Crippen LogP contribution is -2.18. The molecular weight excluding hydrogens is 244 g/mol. The minimum absolute atomic E-state index is 0.458. The topological polar surface area (TPSA) is 36.4 Å². The summed E-state index contributed by atoms with van der Waals surface area (Å²) in [4.78, 5) is 6.59. The van der Waals surface area contributed by atoms with Gasteiger partial charge in [-0.25, -0.2) is 4.98 Å². The van der Waals surface area contributed by atoms with Gasteiger partial charge in [-0.05, 0) is 19.9 Å². The Hall–Kier alpha value is -1.39. The summed E-state index contributed by atoms with van der Waals surface area (Å²) in [5, 5.41) is 12.9. The molecule has 0 radical (unpaired) electrons. The smallest absolute Gasteiger partial charge is 0.0898 e. The van der Waals surface area contributed by atoms with Gasteiger partial charge in [0.15, 0.2) is 0 Å². The molecule has 4 heteroatoms. The van der Waals surface area contributed by atoms with Crippen LogP contribution in [0, 0.1) is 6.92 Å². The van der Waals surface area contributed by atoms with Crippen molar-refractivity contribution in [2.45, 2.75) is 26.5 Å². The van der Waals surface area contributed by atoms with Gasteiger partial charge in [-0.1, -0.05) is 18.2 Å². The predicted octanol–water partition coefficient (Wildman–Crippen LogP) is 3.14. The summed E-state index contributed by atoms with van der Waals surface area (Å²) in [6.45, 7) is 4.56. The molecule has 2 aromatic rings. The fraction of sp³-hybridized carbons (Fsp3) is 0.357. The first-order chi connectivity index (χ1) is 8.58. The molecule has 3 nitrogen and oxygen atoms in total. The Morgan fingerprint density at radius 1 is 1.39 bits per heavy atom. The van der Waals surface area contributed by atoms with Crippen molar-refractivity contribution in [2.75, 3.05) is 11.9 Å². The van der Waals surface area contributed by atoms with Crippen molar-refractivity contribution in [1.29, 1.82) is 0 Å². The minimum atomic E-state index is -0.458. The zero-order chi connectivity index (χ0) is 13.1. The molecule has 96 valence electrons. The number of hydrogen-bond donors (Lipinski definition) is 1. The van der Waals surface area contributed by atoms with E-state index in [0.717, 1.165) is 28.5 Å². The summed E-state index contributed by atoms with van der Waals surface area (Å²) in [6.07, 6.45) is -0.458. The summed E-state index contributed by atoms with van der Waals surface area (Å²) in [6, 6.07) is 7.93. The number of nitrogens with zero attached hydrogens (tertiary/aromatic N) is 2. The highest BCUT2D eigenvalue weighted by Crippen LogP contribution is 2.26. The summed E-state index contributed by atoms with van der Waals surface area (Å²) in [5.74, 6) is 0. The molecule has 0 fully saturated rings. The first-order valence-electron chi connectivity index (χ1n) is 5.97. The Kier molecular flexibility index (Phi) is 3.99. The molecule has 18 heavy (non-hydrogen) atoms. The molecule has 1 aromatic heterocycles. The first-order valence-corrected chi connectivity index (χ1v) is 6.85. The van der Waals surface area contributed by atoms with Crippen LogP contribution < -0.4 is 4.90 Å². The number of anilines is 1. The van der Waals surface area contributed by atoms with Crippen molar-refractivity contribution in [1.82, 2.24) is 4.98 Å². The Labute approximate surface area is 112 Å². The maximum Gasteiger partial charge on any atom is 0.0898 e. The molecule has 0 unspecified atom stereocenters. The largest absolute Gasteiger partial charge is 0.389 e. The molecule has 0 saturated heterocycles. The Bertz CT molecular complexity index is 522. The second-order valence-electron chi connectivity index (χ2n) is 4.45. The predicted molar refractivity (Wildman–Crippen MR) is 76.0 cm³/mol. The normalized spacial score (nSPS) is 12.4. The van der Waals surface area contributed by atoms with E-state index in [-0.39, 0.29) is 0 Å². The molecule has 1 atom stereocenters. The number of hydrogen-bond acceptors (Lipinski definition) is 4. The summed E-state index contributed by atoms with van der Waals surface area (Å²) >= 11 is 1.66. The SMILES string of the molecule is Cc1nc(CN(C)c2ccccc2[C@H](C)O)cs1. The minimum Gasteiger partial charge on any atom is -0.389 e. The molecule has 1 N–H and O–H groups in total. The van der Waals surface area contributed by atoms with E-state index in [1.54, 1.807) is 18.3 Å². The lowest BCUT2D eigenvalue weighted by molar-refractivity contribution is 0.199. The Balaban J connectivity index is 2.20. The van der Waals surface area contributed by atoms with E-state index in [2.05, 4.69) is 15.3 Å². The van der Waals surface area contributed by atoms with Gasteiger partial charge >= 0.3 is 0 Å². The van der Waals surface area contributed by atoms with Crippen LogP contribution in [0.3, 0.4) is 0 Å². The van der Waals surface area contributed by atoms with Gasteiger partial charge in [0.2, 0.25) is 0 Å². The Morgan fingerprint density at radius 2 is 2.11 bits per heavy atom. The number of aliphatic hydroxyl groups excluding tert-OH is 1. The maximum atomic E-state index is 9.78. The highest BCUT2D eigenvalue weighted by molar-refractivity contribution is 7.09. The van der Waals surface area contributed by atoms with Gasteiger partial charge in [0, 0.05) is 23.7 Å². The average Bonchev–Trinajstić information content (AvgIpc) is 2.74. The number of aryl methyl sites for hydroxylation is 1. The summed E-state index contributed by atoms with van der Waals surface area (Å²) < 4.78 is 0. The van der Waals surface area contributed by atoms with E-state index in [9.17, 15) is 5.11 Å². The van der Waals surface area contributed by atoms with Crippen molar-refractivity contribution in [3.05, 3.63) is 45.9 Å². The van der Waals surface area contributed by atoms with Crippen LogP contribution in [0.5, 0.6) is 0 Å². The standard InChI is InChI=1S/C14H18N2OS/c1-10(17)13-6-4-5-7-14(13)16(3)8-12-9-18-11(2)15-12/h4-7,9-10,17H,8H2,1-3H3/t10-/m0/s1. The number of rotatable bonds is 4. The molecule has 0 aliphatic carbocycles. The number of aliphatic hydroxyl groups is 1. The molecule has 0 aliphatic rings. The van der Waals surface area contributed by atoms with Crippen LogP contribution in [-0.2, 0) is 6.54 Å². The molecule has 1 aromatic carbocycles. The third-order valence-corrected chi connectivity index (χ3v) is 3.69. The van der Waals surface area contributed by atoms with Gasteiger partial charge < -0.3 is 10.0 Å². The van der Waals surface area contributed by atoms with Gasteiger partial charge in [0.05, 0.1) is 23.4 Å². The van der Waals surface area contributed by atoms with Gasteiger partial charge in [0.1, 0.15) is 0 Å². The lowest BCUT2D eigenvalue weighted by atomic mass is 10.1. The molecule has 0 aliphatic heterocycles. The molecule has 0 bridgehead atoms. The van der Waals surface area contributed by atoms with E-state index < -0.39 is 6.10 Å². The second kappa shape index (κ2) is 5.50. The van der Waals surface area contributed by atoms with Crippen LogP contribution in [0.2, 0.25) is 0 Å². The average molecular weight is 262 g/mol. The highest BCUT2D eigenvalue weighted by Gasteiger charge is 2.12. The van der Waals surface area contributed by atoms with Crippen LogP contribution >= 0.6 is 11.3 Å². The quantitative estimate of drug-likeness (QED) is 0.919. The van der Waals surface area contributed by atoms with Gasteiger partial charge in [-0.15, -0.1) is 11.3 Å². The monoisotopic (exact) mass is 262 g/mol. The van der Waals surface area contributed by atoms with Gasteiger partial charge in [0.25, 0.3) is 0 Å². The molecule has 1 heterocycles. The lowest BCUT2D eigenvalue weighted by Gasteiger charge is -2.22. The summed E-state index contributed by atoms with van der Waals surface area (Å²) in [7, 11) is 2.02. The fourth-order valence-electron chi connectivity index (χ4n) is 2.00. The van der Waals surface area contributed by atoms with Crippen LogP contribution in [0.15, 0.2) is 29.6 Å². The number of thiazole rings is 1. The highest BCUT2D eigenvalue weighted by atomic mass is 32.1. The Morgan fingerprint density at radius 3 is 2.72 bits per heavy atom. The van der Waals surface area contributed by atoms with Gasteiger partial charge in [-0.2, -0.15) is 0 Å². The van der Waals surface area contributed by atoms with Crippen molar-refractivity contribution in [3.8, 4) is 0 Å². The van der Waals surface area contributed by atoms with Crippen LogP contribution in [0.4, 0.5) is 5.69 Å². The van der Waals surface area contributed by atoms with Crippen LogP contribution in [0.25, 0.3) is 0 Å². The maximum absolute atomic E-state index is 9.78. The van der Waals surface area contributed by atoms with Crippen molar-refractivity contribution in [3.63, 3.8) is 0 Å². The number of benzene rings is 1. The van der Waals surface area contributed by atoms with Gasteiger partial charge in [-0.3, -0.25) is 0 Å². The third-order valence-electron chi connectivity index (χ3n) is 2.86. The molecular formula is C14H18N2OS. The van der Waals surface area contributed by atoms with Crippen LogP contribution in [0.1, 0.15) is 29.3 Å². The zero-order valence-electron chi connectivity index (χ0n) is 10.9. The fourth-order valence-corrected chi connectivity index (χ4v) is 2.60. The van der Waals surface area contributed by atoms with E-state index >= 15 is 0 Å². The second-order valence-corrected chi connectivity index (χ2v) is 5.51. The van der Waals surface area contributed by atoms with E-state index in [1.807, 2.05) is 38.2 Å². The van der Waals surface area contributed by atoms with Crippen LogP contribution in [-0.4, -0.2) is 17.1 Å². The molecule has 2 rings (SSSR count). The first kappa shape index (κ1) is 13.1. The molecule has 0 amide bonds. The molecule has 0 saturated carbocycles. The van der Waals surface area contributed by atoms with E-state index in [4.69, 9.17) is 0 Å². The number of aromatic nitrogens is 1. The molecule has 0 spiro atoms. The van der Waals surface area contributed by atoms with Crippen molar-refractivity contribution in [2.24, 2.45) is 0 Å². The third kappa shape index (κ3) is 2.89. The van der Waals surface area contributed by atoms with E-state index in [1.165, 1.54) is 0 Å². The summed E-state index contributed by atoms with van der Waals surface area (Å²) in [5.41, 5.74) is 3.07.